The smallest absolute Gasteiger partial charge is 0.369 e. The third-order valence-corrected chi connectivity index (χ3v) is 4.74. The first-order chi connectivity index (χ1) is 11.7. The lowest BCUT2D eigenvalue weighted by atomic mass is 10.1. The Balaban J connectivity index is 2.31. The Morgan fingerprint density at radius 1 is 1.24 bits per heavy atom. The average Bonchev–Trinajstić information content (AvgIpc) is 2.55. The number of thioether (sulfide) groups is 1. The van der Waals surface area contributed by atoms with Gasteiger partial charge in [0.1, 0.15) is 0 Å². The second kappa shape index (κ2) is 8.01. The summed E-state index contributed by atoms with van der Waals surface area (Å²) in [5, 5.41) is -0.0206. The van der Waals surface area contributed by atoms with Crippen LogP contribution in [0.4, 0.5) is 24.5 Å². The van der Waals surface area contributed by atoms with E-state index in [9.17, 15) is 13.2 Å². The van der Waals surface area contributed by atoms with E-state index < -0.39 is 5.51 Å². The van der Waals surface area contributed by atoms with Crippen molar-refractivity contribution < 1.29 is 13.2 Å². The van der Waals surface area contributed by atoms with Crippen LogP contribution in [-0.2, 0) is 6.42 Å². The van der Waals surface area contributed by atoms with Crippen LogP contribution in [0, 0.1) is 0 Å². The number of guanidine groups is 1. The van der Waals surface area contributed by atoms with Crippen LogP contribution in [-0.4, -0.2) is 18.5 Å². The summed E-state index contributed by atoms with van der Waals surface area (Å²) in [7, 11) is 1.60. The summed E-state index contributed by atoms with van der Waals surface area (Å²) >= 11 is 5.87. The van der Waals surface area contributed by atoms with E-state index in [0.29, 0.717) is 11.4 Å². The van der Waals surface area contributed by atoms with Gasteiger partial charge in [-0.15, -0.1) is 0 Å². The Morgan fingerprint density at radius 2 is 1.92 bits per heavy atom. The molecule has 0 unspecified atom stereocenters. The maximum absolute atomic E-state index is 12.6. The molecular weight excluding hydrogens is 371 g/mol. The molecule has 0 bridgehead atoms. The van der Waals surface area contributed by atoms with Crippen LogP contribution in [0.2, 0.25) is 5.02 Å². The number of nitrogens with two attached hydrogens (primary N) is 1. The average molecular weight is 388 g/mol. The summed E-state index contributed by atoms with van der Waals surface area (Å²) in [6.07, 6.45) is 0.863. The molecule has 2 aromatic rings. The van der Waals surface area contributed by atoms with Crippen LogP contribution < -0.4 is 10.6 Å². The van der Waals surface area contributed by atoms with Gasteiger partial charge < -0.3 is 10.6 Å². The number of hydrogen-bond donors (Lipinski definition) is 1. The van der Waals surface area contributed by atoms with Gasteiger partial charge in [0, 0.05) is 11.9 Å². The molecule has 2 rings (SSSR count). The summed E-state index contributed by atoms with van der Waals surface area (Å²) in [5.41, 5.74) is 3.72. The molecule has 2 aromatic carbocycles. The predicted octanol–water partition coefficient (Wildman–Crippen LogP) is 5.60. The SMILES string of the molecule is CCc1cccc(N=C(N)N(C)c2cccc(SC(F)(F)F)c2Cl)c1. The van der Waals surface area contributed by atoms with Gasteiger partial charge in [-0.05, 0) is 48.0 Å². The normalized spacial score (nSPS) is 12.3. The van der Waals surface area contributed by atoms with Gasteiger partial charge in [-0.2, -0.15) is 13.2 Å². The Labute approximate surface area is 153 Å². The van der Waals surface area contributed by atoms with Crippen molar-refractivity contribution in [2.24, 2.45) is 10.7 Å². The number of aliphatic imine (C=N–C) groups is 1. The van der Waals surface area contributed by atoms with Gasteiger partial charge in [-0.3, -0.25) is 0 Å². The van der Waals surface area contributed by atoms with E-state index >= 15 is 0 Å². The van der Waals surface area contributed by atoms with Gasteiger partial charge >= 0.3 is 5.51 Å². The van der Waals surface area contributed by atoms with E-state index in [1.165, 1.54) is 17.0 Å². The van der Waals surface area contributed by atoms with Gasteiger partial charge in [-0.1, -0.05) is 36.7 Å². The minimum absolute atomic E-state index is 0.0206. The first-order valence-electron chi connectivity index (χ1n) is 7.42. The van der Waals surface area contributed by atoms with Crippen molar-refractivity contribution in [1.29, 1.82) is 0 Å². The Morgan fingerprint density at radius 3 is 2.56 bits per heavy atom. The van der Waals surface area contributed by atoms with Crippen LogP contribution in [0.15, 0.2) is 52.4 Å². The minimum atomic E-state index is -4.42. The number of nitrogens with zero attached hydrogens (tertiary/aromatic N) is 2. The highest BCUT2D eigenvalue weighted by molar-refractivity contribution is 8.00. The Bertz CT molecular complexity index is 778. The van der Waals surface area contributed by atoms with Crippen molar-refractivity contribution >= 4 is 40.7 Å². The number of hydrogen-bond acceptors (Lipinski definition) is 2. The van der Waals surface area contributed by atoms with Crippen LogP contribution in [0.1, 0.15) is 12.5 Å². The van der Waals surface area contributed by atoms with Crippen molar-refractivity contribution in [2.75, 3.05) is 11.9 Å². The monoisotopic (exact) mass is 387 g/mol. The first-order valence-corrected chi connectivity index (χ1v) is 8.61. The highest BCUT2D eigenvalue weighted by Crippen LogP contribution is 2.43. The predicted molar refractivity (Wildman–Crippen MR) is 98.9 cm³/mol. The largest absolute Gasteiger partial charge is 0.446 e. The number of anilines is 1. The molecule has 0 aromatic heterocycles. The molecule has 0 amide bonds. The Hall–Kier alpha value is -1.86. The van der Waals surface area contributed by atoms with Gasteiger partial charge in [0.05, 0.1) is 16.4 Å². The molecule has 0 heterocycles. The number of halogens is 4. The lowest BCUT2D eigenvalue weighted by Gasteiger charge is -2.21. The fourth-order valence-electron chi connectivity index (χ4n) is 2.14. The van der Waals surface area contributed by atoms with Gasteiger partial charge in [-0.25, -0.2) is 4.99 Å². The first kappa shape index (κ1) is 19.5. The molecule has 25 heavy (non-hydrogen) atoms. The standard InChI is InChI=1S/C17H17ClF3N3S/c1-3-11-6-4-7-12(10-11)23-16(22)24(2)13-8-5-9-14(15(13)18)25-17(19,20)21/h4-10H,3H2,1-2H3,(H2,22,23). The Kier molecular flexibility index (Phi) is 6.24. The zero-order chi connectivity index (χ0) is 18.6. The third kappa shape index (κ3) is 5.31. The van der Waals surface area contributed by atoms with Crippen LogP contribution in [0.5, 0.6) is 0 Å². The maximum Gasteiger partial charge on any atom is 0.446 e. The number of benzene rings is 2. The van der Waals surface area contributed by atoms with E-state index in [2.05, 4.69) is 4.99 Å². The van der Waals surface area contributed by atoms with Gasteiger partial charge in [0.2, 0.25) is 5.96 Å². The highest BCUT2D eigenvalue weighted by Gasteiger charge is 2.31. The van der Waals surface area contributed by atoms with Crippen molar-refractivity contribution in [3.05, 3.63) is 53.1 Å². The van der Waals surface area contributed by atoms with Crippen molar-refractivity contribution in [3.63, 3.8) is 0 Å². The van der Waals surface area contributed by atoms with Crippen molar-refractivity contribution in [2.45, 2.75) is 23.7 Å². The molecular formula is C17H17ClF3N3S. The molecule has 2 N–H and O–H groups in total. The van der Waals surface area contributed by atoms with Gasteiger partial charge in [0.15, 0.2) is 0 Å². The molecule has 0 aliphatic carbocycles. The summed E-state index contributed by atoms with van der Waals surface area (Å²) < 4.78 is 37.8. The molecule has 134 valence electrons. The number of rotatable bonds is 4. The zero-order valence-corrected chi connectivity index (χ0v) is 15.2. The van der Waals surface area contributed by atoms with E-state index in [1.807, 2.05) is 25.1 Å². The quantitative estimate of drug-likeness (QED) is 0.422. The topological polar surface area (TPSA) is 41.6 Å². The molecule has 0 aliphatic heterocycles. The summed E-state index contributed by atoms with van der Waals surface area (Å²) in [5.74, 6) is 0.129. The van der Waals surface area contributed by atoms with E-state index in [4.69, 9.17) is 17.3 Å². The number of aryl methyl sites for hydroxylation is 1. The molecule has 0 fully saturated rings. The maximum atomic E-state index is 12.6. The molecule has 0 atom stereocenters. The van der Waals surface area contributed by atoms with Gasteiger partial charge in [0.25, 0.3) is 0 Å². The lowest BCUT2D eigenvalue weighted by Crippen LogP contribution is -2.33. The second-order valence-electron chi connectivity index (χ2n) is 5.19. The molecule has 8 heteroatoms. The molecule has 0 radical (unpaired) electrons. The summed E-state index contributed by atoms with van der Waals surface area (Å²) in [6, 6.07) is 12.0. The molecule has 3 nitrogen and oxygen atoms in total. The minimum Gasteiger partial charge on any atom is -0.369 e. The second-order valence-corrected chi connectivity index (χ2v) is 6.67. The zero-order valence-electron chi connectivity index (χ0n) is 13.6. The van der Waals surface area contributed by atoms with Crippen LogP contribution in [0.3, 0.4) is 0 Å². The fourth-order valence-corrected chi connectivity index (χ4v) is 3.10. The fraction of sp³-hybridized carbons (Fsp3) is 0.235. The molecule has 0 saturated heterocycles. The van der Waals surface area contributed by atoms with E-state index in [-0.39, 0.29) is 27.6 Å². The molecule has 0 saturated carbocycles. The lowest BCUT2D eigenvalue weighted by molar-refractivity contribution is -0.0328. The van der Waals surface area contributed by atoms with Crippen LogP contribution >= 0.6 is 23.4 Å². The van der Waals surface area contributed by atoms with Crippen molar-refractivity contribution in [3.8, 4) is 0 Å². The highest BCUT2D eigenvalue weighted by atomic mass is 35.5. The summed E-state index contributed by atoms with van der Waals surface area (Å²) in [6.45, 7) is 2.03. The van der Waals surface area contributed by atoms with Crippen LogP contribution in [0.25, 0.3) is 0 Å². The van der Waals surface area contributed by atoms with E-state index in [1.54, 1.807) is 19.2 Å². The van der Waals surface area contributed by atoms with Crippen molar-refractivity contribution in [1.82, 2.24) is 0 Å². The molecule has 0 spiro atoms. The van der Waals surface area contributed by atoms with E-state index in [0.717, 1.165) is 12.0 Å². The summed E-state index contributed by atoms with van der Waals surface area (Å²) in [4.78, 5) is 5.70. The molecule has 0 aliphatic rings. The third-order valence-electron chi connectivity index (χ3n) is 3.44. The number of alkyl halides is 3.